The van der Waals surface area contributed by atoms with Crippen molar-refractivity contribution in [2.75, 3.05) is 27.2 Å². The summed E-state index contributed by atoms with van der Waals surface area (Å²) in [6, 6.07) is 5.93. The third-order valence-corrected chi connectivity index (χ3v) is 6.57. The van der Waals surface area contributed by atoms with E-state index in [1.165, 1.54) is 43.3 Å². The van der Waals surface area contributed by atoms with Crippen molar-refractivity contribution < 1.29 is 31.1 Å². The molecule has 1 atom stereocenters. The van der Waals surface area contributed by atoms with Gasteiger partial charge in [0.1, 0.15) is 6.10 Å². The summed E-state index contributed by atoms with van der Waals surface area (Å²) in [4.78, 5) is 21.5. The van der Waals surface area contributed by atoms with Crippen LogP contribution in [0.5, 0.6) is 6.01 Å². The number of hydrogen-bond acceptors (Lipinski definition) is 6. The van der Waals surface area contributed by atoms with Crippen LogP contribution in [-0.2, 0) is 16.2 Å². The first-order valence-corrected chi connectivity index (χ1v) is 10.8. The van der Waals surface area contributed by atoms with E-state index in [0.29, 0.717) is 24.9 Å². The molecule has 8 nitrogen and oxygen atoms in total. The van der Waals surface area contributed by atoms with Crippen LogP contribution in [0.15, 0.2) is 41.4 Å². The molecule has 1 aliphatic rings. The lowest BCUT2D eigenvalue weighted by Crippen LogP contribution is -2.44. The Bertz CT molecular complexity index is 1040. The molecule has 0 bridgehead atoms. The van der Waals surface area contributed by atoms with Crippen LogP contribution in [0.4, 0.5) is 13.2 Å². The molecule has 2 aromatic rings. The van der Waals surface area contributed by atoms with Gasteiger partial charge in [0, 0.05) is 32.4 Å². The lowest BCUT2D eigenvalue weighted by atomic mass is 10.1. The number of carbonyl (C=O) groups excluding carboxylic acids is 1. The van der Waals surface area contributed by atoms with E-state index in [1.54, 1.807) is 0 Å². The molecule has 12 heteroatoms. The molecule has 1 aliphatic heterocycles. The van der Waals surface area contributed by atoms with Crippen molar-refractivity contribution in [1.82, 2.24) is 19.2 Å². The minimum atomic E-state index is -4.61. The number of ether oxygens (including phenoxy) is 1. The molecule has 1 aromatic carbocycles. The predicted molar refractivity (Wildman–Crippen MR) is 104 cm³/mol. The maximum absolute atomic E-state index is 12.8. The van der Waals surface area contributed by atoms with Crippen LogP contribution in [0, 0.1) is 0 Å². The van der Waals surface area contributed by atoms with Gasteiger partial charge in [-0.25, -0.2) is 17.7 Å². The summed E-state index contributed by atoms with van der Waals surface area (Å²) >= 11 is 0. The van der Waals surface area contributed by atoms with Crippen molar-refractivity contribution in [3.05, 3.63) is 47.8 Å². The maximum atomic E-state index is 12.8. The summed E-state index contributed by atoms with van der Waals surface area (Å²) < 4.78 is 69.3. The van der Waals surface area contributed by atoms with Gasteiger partial charge in [0.15, 0.2) is 5.69 Å². The van der Waals surface area contributed by atoms with E-state index in [-0.39, 0.29) is 17.3 Å². The molecule has 0 spiro atoms. The van der Waals surface area contributed by atoms with Gasteiger partial charge < -0.3 is 9.64 Å². The molecule has 1 unspecified atom stereocenters. The van der Waals surface area contributed by atoms with Crippen LogP contribution in [0.25, 0.3) is 0 Å². The Morgan fingerprint density at radius 1 is 1.19 bits per heavy atom. The number of benzene rings is 1. The average Bonchev–Trinajstić information content (AvgIpc) is 2.73. The van der Waals surface area contributed by atoms with Gasteiger partial charge in [0.25, 0.3) is 5.91 Å². The molecule has 1 fully saturated rings. The van der Waals surface area contributed by atoms with Crippen molar-refractivity contribution in [3.8, 4) is 6.01 Å². The molecule has 3 rings (SSSR count). The van der Waals surface area contributed by atoms with Gasteiger partial charge in [-0.05, 0) is 43.2 Å². The fourth-order valence-electron chi connectivity index (χ4n) is 3.09. The molecule has 0 saturated carbocycles. The van der Waals surface area contributed by atoms with E-state index in [1.807, 2.05) is 0 Å². The lowest BCUT2D eigenvalue weighted by molar-refractivity contribution is -0.141. The van der Waals surface area contributed by atoms with Gasteiger partial charge >= 0.3 is 12.2 Å². The van der Waals surface area contributed by atoms with Crippen molar-refractivity contribution in [1.29, 1.82) is 0 Å². The van der Waals surface area contributed by atoms with E-state index in [9.17, 15) is 26.4 Å². The van der Waals surface area contributed by atoms with Gasteiger partial charge in [-0.3, -0.25) is 4.79 Å². The zero-order chi connectivity index (χ0) is 22.8. The van der Waals surface area contributed by atoms with Crippen LogP contribution in [0.3, 0.4) is 0 Å². The number of amides is 1. The monoisotopic (exact) mass is 458 g/mol. The third-order valence-electron chi connectivity index (χ3n) is 4.74. The van der Waals surface area contributed by atoms with Gasteiger partial charge in [0.05, 0.1) is 11.4 Å². The number of nitrogens with zero attached hydrogens (tertiary/aromatic N) is 4. The molecule has 2 heterocycles. The van der Waals surface area contributed by atoms with Crippen LogP contribution in [0.1, 0.15) is 28.9 Å². The number of hydrogen-bond donors (Lipinski definition) is 0. The normalized spacial score (nSPS) is 17.6. The Balaban J connectivity index is 1.69. The molecule has 1 aromatic heterocycles. The van der Waals surface area contributed by atoms with Crippen LogP contribution in [-0.4, -0.2) is 66.8 Å². The van der Waals surface area contributed by atoms with Gasteiger partial charge in [-0.1, -0.05) is 0 Å². The first-order chi connectivity index (χ1) is 14.5. The lowest BCUT2D eigenvalue weighted by Gasteiger charge is -2.32. The highest BCUT2D eigenvalue weighted by atomic mass is 32.2. The highest BCUT2D eigenvalue weighted by molar-refractivity contribution is 7.89. The largest absolute Gasteiger partial charge is 0.458 e. The Morgan fingerprint density at radius 3 is 2.48 bits per heavy atom. The molecule has 1 amide bonds. The number of carbonyl (C=O) groups is 1. The van der Waals surface area contributed by atoms with Gasteiger partial charge in [0.2, 0.25) is 10.0 Å². The third kappa shape index (κ3) is 5.31. The van der Waals surface area contributed by atoms with Crippen molar-refractivity contribution in [2.45, 2.75) is 30.0 Å². The fourth-order valence-corrected chi connectivity index (χ4v) is 3.99. The zero-order valence-corrected chi connectivity index (χ0v) is 17.7. The van der Waals surface area contributed by atoms with Gasteiger partial charge in [-0.2, -0.15) is 18.2 Å². The second-order valence-corrected chi connectivity index (χ2v) is 9.32. The number of halogens is 3. The first kappa shape index (κ1) is 22.9. The Morgan fingerprint density at radius 2 is 1.87 bits per heavy atom. The first-order valence-electron chi connectivity index (χ1n) is 9.37. The Labute approximate surface area is 177 Å². The van der Waals surface area contributed by atoms with E-state index < -0.39 is 34.0 Å². The van der Waals surface area contributed by atoms with Gasteiger partial charge in [-0.15, -0.1) is 0 Å². The fraction of sp³-hybridized carbons (Fsp3) is 0.421. The number of alkyl halides is 3. The molecular weight excluding hydrogens is 437 g/mol. The number of rotatable bonds is 5. The Kier molecular flexibility index (Phi) is 6.51. The van der Waals surface area contributed by atoms with Crippen molar-refractivity contribution >= 4 is 15.9 Å². The molecular formula is C19H21F3N4O4S. The summed E-state index contributed by atoms with van der Waals surface area (Å²) in [5, 5.41) is 0. The van der Waals surface area contributed by atoms with Crippen LogP contribution in [0.2, 0.25) is 0 Å². The molecule has 31 heavy (non-hydrogen) atoms. The predicted octanol–water partition coefficient (Wildman–Crippen LogP) is 2.43. The minimum absolute atomic E-state index is 0.0654. The smallest absolute Gasteiger partial charge is 0.433 e. The summed E-state index contributed by atoms with van der Waals surface area (Å²) in [7, 11) is -0.781. The van der Waals surface area contributed by atoms with E-state index in [4.69, 9.17) is 4.74 Å². The van der Waals surface area contributed by atoms with Crippen molar-refractivity contribution in [2.24, 2.45) is 0 Å². The SMILES string of the molecule is CN(C)S(=O)(=O)c1ccc(C(=O)N2CCCC(Oc3nccc(C(F)(F)F)n3)C2)cc1. The minimum Gasteiger partial charge on any atom is -0.458 e. The summed E-state index contributed by atoms with van der Waals surface area (Å²) in [6.07, 6.45) is -3.08. The van der Waals surface area contributed by atoms with E-state index >= 15 is 0 Å². The highest BCUT2D eigenvalue weighted by Gasteiger charge is 2.33. The number of sulfonamides is 1. The summed E-state index contributed by atoms with van der Waals surface area (Å²) in [5.41, 5.74) is -0.803. The second-order valence-electron chi connectivity index (χ2n) is 7.17. The maximum Gasteiger partial charge on any atom is 0.433 e. The highest BCUT2D eigenvalue weighted by Crippen LogP contribution is 2.28. The second kappa shape index (κ2) is 8.79. The topological polar surface area (TPSA) is 92.7 Å². The quantitative estimate of drug-likeness (QED) is 0.683. The number of aromatic nitrogens is 2. The van der Waals surface area contributed by atoms with E-state index in [2.05, 4.69) is 9.97 Å². The standard InChI is InChI=1S/C19H21F3N4O4S/c1-25(2)31(28,29)15-7-5-13(6-8-15)17(27)26-11-3-4-14(12-26)30-18-23-10-9-16(24-18)19(20,21)22/h5-10,14H,3-4,11-12H2,1-2H3. The summed E-state index contributed by atoms with van der Waals surface area (Å²) in [6.45, 7) is 0.593. The molecule has 1 saturated heterocycles. The molecule has 0 radical (unpaired) electrons. The van der Waals surface area contributed by atoms with Crippen molar-refractivity contribution in [3.63, 3.8) is 0 Å². The van der Waals surface area contributed by atoms with Crippen LogP contribution < -0.4 is 4.74 Å². The number of piperidine rings is 1. The molecule has 168 valence electrons. The average molecular weight is 458 g/mol. The molecule has 0 aliphatic carbocycles. The number of likely N-dealkylation sites (tertiary alicyclic amines) is 1. The summed E-state index contributed by atoms with van der Waals surface area (Å²) in [5.74, 6) is -0.327. The molecule has 0 N–H and O–H groups in total. The van der Waals surface area contributed by atoms with E-state index in [0.717, 1.165) is 16.6 Å². The Hall–Kier alpha value is -2.73. The van der Waals surface area contributed by atoms with Crippen LogP contribution >= 0.6 is 0 Å². The zero-order valence-electron chi connectivity index (χ0n) is 16.8.